The average Bonchev–Trinajstić information content (AvgIpc) is 3.07. The van der Waals surface area contributed by atoms with Crippen LogP contribution in [0.15, 0.2) is 24.3 Å². The van der Waals surface area contributed by atoms with Crippen LogP contribution in [0, 0.1) is 0 Å². The second-order valence-corrected chi connectivity index (χ2v) is 4.25. The molecule has 3 atom stereocenters. The third-order valence-electron chi connectivity index (χ3n) is 2.88. The Bertz CT molecular complexity index is 431. The van der Waals surface area contributed by atoms with Crippen molar-refractivity contribution in [2.24, 2.45) is 0 Å². The van der Waals surface area contributed by atoms with Crippen LogP contribution in [0.4, 0.5) is 0 Å². The number of phenolic OH excluding ortho intramolecular Hbond substituents is 1. The smallest absolute Gasteiger partial charge is 0.305 e. The van der Waals surface area contributed by atoms with Crippen molar-refractivity contribution in [1.29, 1.82) is 0 Å². The van der Waals surface area contributed by atoms with Crippen molar-refractivity contribution in [3.05, 3.63) is 29.8 Å². The lowest BCUT2D eigenvalue weighted by Gasteiger charge is -2.11. The molecule has 3 unspecified atom stereocenters. The summed E-state index contributed by atoms with van der Waals surface area (Å²) in [5, 5.41) is 18.4. The molecule has 1 saturated heterocycles. The lowest BCUT2D eigenvalue weighted by molar-refractivity contribution is -0.141. The van der Waals surface area contributed by atoms with Crippen LogP contribution in [0.2, 0.25) is 0 Å². The summed E-state index contributed by atoms with van der Waals surface area (Å²) in [4.78, 5) is 10.6. The molecule has 0 aromatic heterocycles. The summed E-state index contributed by atoms with van der Waals surface area (Å²) in [6.07, 6.45) is -0.538. The molecule has 98 valence electrons. The van der Waals surface area contributed by atoms with Crippen molar-refractivity contribution in [2.45, 2.75) is 38.3 Å². The Labute approximate surface area is 105 Å². The number of epoxide rings is 1. The van der Waals surface area contributed by atoms with Gasteiger partial charge in [0.1, 0.15) is 11.9 Å². The number of carbonyl (C=O) groups is 1. The minimum atomic E-state index is -0.887. The van der Waals surface area contributed by atoms with Gasteiger partial charge in [0.25, 0.3) is 0 Å². The standard InChI is InChI=1S/C13H16O5/c1-2-8(7-11(15)16)17-13-12(18-13)9-5-3-4-6-10(9)14/h3-6,8,12-14H,2,7H2,1H3,(H,15,16). The van der Waals surface area contributed by atoms with E-state index in [0.717, 1.165) is 0 Å². The van der Waals surface area contributed by atoms with Gasteiger partial charge in [0.2, 0.25) is 0 Å². The van der Waals surface area contributed by atoms with Gasteiger partial charge in [-0.05, 0) is 12.5 Å². The van der Waals surface area contributed by atoms with Gasteiger partial charge >= 0.3 is 5.97 Å². The Morgan fingerprint density at radius 2 is 2.22 bits per heavy atom. The number of phenols is 1. The first-order valence-corrected chi connectivity index (χ1v) is 5.92. The fourth-order valence-corrected chi connectivity index (χ4v) is 1.82. The van der Waals surface area contributed by atoms with Gasteiger partial charge in [-0.3, -0.25) is 4.79 Å². The normalized spacial score (nSPS) is 23.6. The van der Waals surface area contributed by atoms with E-state index in [1.807, 2.05) is 13.0 Å². The van der Waals surface area contributed by atoms with E-state index >= 15 is 0 Å². The van der Waals surface area contributed by atoms with Crippen molar-refractivity contribution in [1.82, 2.24) is 0 Å². The summed E-state index contributed by atoms with van der Waals surface area (Å²) >= 11 is 0. The third-order valence-corrected chi connectivity index (χ3v) is 2.88. The number of aromatic hydroxyl groups is 1. The van der Waals surface area contributed by atoms with Crippen LogP contribution in [0.3, 0.4) is 0 Å². The maximum atomic E-state index is 10.6. The number of carboxylic acid groups (broad SMARTS) is 1. The Kier molecular flexibility index (Phi) is 3.84. The summed E-state index contributed by atoms with van der Waals surface area (Å²) in [6, 6.07) is 6.89. The summed E-state index contributed by atoms with van der Waals surface area (Å²) in [7, 11) is 0. The molecule has 5 nitrogen and oxygen atoms in total. The van der Waals surface area contributed by atoms with Gasteiger partial charge in [-0.2, -0.15) is 0 Å². The third kappa shape index (κ3) is 3.00. The Morgan fingerprint density at radius 3 is 2.83 bits per heavy atom. The molecule has 1 aliphatic rings. The Balaban J connectivity index is 1.91. The molecule has 0 radical (unpaired) electrons. The zero-order chi connectivity index (χ0) is 13.1. The number of aliphatic carboxylic acids is 1. The first-order valence-electron chi connectivity index (χ1n) is 5.92. The lowest BCUT2D eigenvalue weighted by Crippen LogP contribution is -2.18. The van der Waals surface area contributed by atoms with Gasteiger partial charge in [-0.25, -0.2) is 0 Å². The SMILES string of the molecule is CCC(CC(=O)O)OC1OC1c1ccccc1O. The van der Waals surface area contributed by atoms with E-state index in [-0.39, 0.29) is 24.4 Å². The van der Waals surface area contributed by atoms with E-state index in [9.17, 15) is 9.90 Å². The molecular formula is C13H16O5. The minimum Gasteiger partial charge on any atom is -0.508 e. The van der Waals surface area contributed by atoms with Gasteiger partial charge in [0.15, 0.2) is 6.29 Å². The molecule has 1 fully saturated rings. The van der Waals surface area contributed by atoms with Crippen molar-refractivity contribution in [2.75, 3.05) is 0 Å². The first kappa shape index (κ1) is 12.9. The second kappa shape index (κ2) is 5.37. The number of hydrogen-bond donors (Lipinski definition) is 2. The summed E-state index contributed by atoms with van der Waals surface area (Å²) in [6.45, 7) is 1.87. The average molecular weight is 252 g/mol. The molecule has 0 amide bonds. The summed E-state index contributed by atoms with van der Waals surface area (Å²) < 4.78 is 10.9. The maximum Gasteiger partial charge on any atom is 0.305 e. The molecule has 0 spiro atoms. The number of para-hydroxylation sites is 1. The Hall–Kier alpha value is -1.59. The van der Waals surface area contributed by atoms with Crippen LogP contribution in [0.25, 0.3) is 0 Å². The highest BCUT2D eigenvalue weighted by atomic mass is 16.8. The Morgan fingerprint density at radius 1 is 1.50 bits per heavy atom. The van der Waals surface area contributed by atoms with E-state index in [4.69, 9.17) is 14.6 Å². The number of carboxylic acids is 1. The highest BCUT2D eigenvalue weighted by Crippen LogP contribution is 2.43. The van der Waals surface area contributed by atoms with Crippen molar-refractivity contribution >= 4 is 5.97 Å². The molecule has 0 saturated carbocycles. The zero-order valence-electron chi connectivity index (χ0n) is 10.1. The fourth-order valence-electron chi connectivity index (χ4n) is 1.82. The molecule has 18 heavy (non-hydrogen) atoms. The van der Waals surface area contributed by atoms with Crippen molar-refractivity contribution < 1.29 is 24.5 Å². The monoisotopic (exact) mass is 252 g/mol. The highest BCUT2D eigenvalue weighted by Gasteiger charge is 2.44. The van der Waals surface area contributed by atoms with Crippen LogP contribution in [-0.4, -0.2) is 28.6 Å². The number of ether oxygens (including phenoxy) is 2. The van der Waals surface area contributed by atoms with Crippen LogP contribution in [-0.2, 0) is 14.3 Å². The molecule has 1 aliphatic heterocycles. The van der Waals surface area contributed by atoms with Crippen LogP contribution < -0.4 is 0 Å². The lowest BCUT2D eigenvalue weighted by atomic mass is 10.1. The van der Waals surface area contributed by atoms with Gasteiger partial charge in [-0.1, -0.05) is 25.1 Å². The summed E-state index contributed by atoms with van der Waals surface area (Å²) in [5.74, 6) is -0.721. The zero-order valence-corrected chi connectivity index (χ0v) is 10.1. The van der Waals surface area contributed by atoms with Crippen LogP contribution >= 0.6 is 0 Å². The van der Waals surface area contributed by atoms with Gasteiger partial charge in [0, 0.05) is 5.56 Å². The topological polar surface area (TPSA) is 79.3 Å². The first-order chi connectivity index (χ1) is 8.61. The molecule has 1 aromatic rings. The maximum absolute atomic E-state index is 10.6. The minimum absolute atomic E-state index is 0.0378. The molecule has 2 N–H and O–H groups in total. The van der Waals surface area contributed by atoms with Gasteiger partial charge < -0.3 is 19.7 Å². The molecular weight excluding hydrogens is 236 g/mol. The largest absolute Gasteiger partial charge is 0.508 e. The molecule has 0 aliphatic carbocycles. The second-order valence-electron chi connectivity index (χ2n) is 4.25. The molecule has 1 aromatic carbocycles. The molecule has 1 heterocycles. The van der Waals surface area contributed by atoms with Crippen molar-refractivity contribution in [3.63, 3.8) is 0 Å². The van der Waals surface area contributed by atoms with Crippen LogP contribution in [0.5, 0.6) is 5.75 Å². The van der Waals surface area contributed by atoms with E-state index in [0.29, 0.717) is 12.0 Å². The number of benzene rings is 1. The predicted octanol–water partition coefficient (Wildman–Crippen LogP) is 2.06. The van der Waals surface area contributed by atoms with E-state index in [1.165, 1.54) is 0 Å². The van der Waals surface area contributed by atoms with Crippen LogP contribution in [0.1, 0.15) is 31.4 Å². The fraction of sp³-hybridized carbons (Fsp3) is 0.462. The number of rotatable bonds is 6. The quantitative estimate of drug-likeness (QED) is 0.757. The van der Waals surface area contributed by atoms with E-state index in [1.54, 1.807) is 18.2 Å². The highest BCUT2D eigenvalue weighted by molar-refractivity contribution is 5.67. The van der Waals surface area contributed by atoms with E-state index < -0.39 is 12.3 Å². The van der Waals surface area contributed by atoms with Gasteiger partial charge in [0.05, 0.1) is 12.5 Å². The van der Waals surface area contributed by atoms with E-state index in [2.05, 4.69) is 0 Å². The van der Waals surface area contributed by atoms with Gasteiger partial charge in [-0.15, -0.1) is 0 Å². The molecule has 2 rings (SSSR count). The summed E-state index contributed by atoms with van der Waals surface area (Å²) in [5.41, 5.74) is 0.674. The molecule has 0 bridgehead atoms. The predicted molar refractivity (Wildman–Crippen MR) is 63.1 cm³/mol. The van der Waals surface area contributed by atoms with Crippen molar-refractivity contribution in [3.8, 4) is 5.75 Å². The molecule has 5 heteroatoms. The number of hydrogen-bond acceptors (Lipinski definition) is 4.